The Labute approximate surface area is 122 Å². The number of nitrogens with one attached hydrogen (secondary N) is 1. The molecule has 1 heterocycles. The molecule has 0 spiro atoms. The minimum absolute atomic E-state index is 0.460. The summed E-state index contributed by atoms with van der Waals surface area (Å²) in [6, 6.07) is 2.45. The second-order valence-electron chi connectivity index (χ2n) is 6.05. The van der Waals surface area contributed by atoms with E-state index in [1.165, 1.54) is 57.8 Å². The topological polar surface area (TPSA) is 50.1 Å². The lowest BCUT2D eigenvalue weighted by Crippen LogP contribution is -2.33. The standard InChI is InChI=1S/C16H29N3O/c1-19-15(11-12-18-19)16(20)13-17-14-9-7-5-3-2-4-6-8-10-14/h11-12,14,16-17,20H,2-10,13H2,1H3. The summed E-state index contributed by atoms with van der Waals surface area (Å²) in [5.41, 5.74) is 0.886. The van der Waals surface area contributed by atoms with Crippen molar-refractivity contribution in [3.63, 3.8) is 0 Å². The van der Waals surface area contributed by atoms with Crippen molar-refractivity contribution in [2.75, 3.05) is 6.54 Å². The molecular formula is C16H29N3O. The van der Waals surface area contributed by atoms with Crippen molar-refractivity contribution >= 4 is 0 Å². The molecule has 0 aliphatic heterocycles. The smallest absolute Gasteiger partial charge is 0.108 e. The fourth-order valence-corrected chi connectivity index (χ4v) is 3.11. The Morgan fingerprint density at radius 1 is 1.20 bits per heavy atom. The highest BCUT2D eigenvalue weighted by Crippen LogP contribution is 2.18. The number of nitrogens with zero attached hydrogens (tertiary/aromatic N) is 2. The van der Waals surface area contributed by atoms with Crippen molar-refractivity contribution in [1.82, 2.24) is 15.1 Å². The Hall–Kier alpha value is -0.870. The maximum absolute atomic E-state index is 10.2. The van der Waals surface area contributed by atoms with Crippen LogP contribution in [0, 0.1) is 0 Å². The predicted octanol–water partition coefficient (Wildman–Crippen LogP) is 2.94. The van der Waals surface area contributed by atoms with Crippen LogP contribution in [-0.2, 0) is 7.05 Å². The Bertz CT molecular complexity index is 368. The van der Waals surface area contributed by atoms with Crippen LogP contribution in [0.5, 0.6) is 0 Å². The molecular weight excluding hydrogens is 250 g/mol. The van der Waals surface area contributed by atoms with Crippen LogP contribution in [0.1, 0.15) is 69.6 Å². The monoisotopic (exact) mass is 279 g/mol. The van der Waals surface area contributed by atoms with Gasteiger partial charge in [0.2, 0.25) is 0 Å². The third-order valence-corrected chi connectivity index (χ3v) is 4.41. The Kier molecular flexibility index (Phi) is 6.54. The summed E-state index contributed by atoms with van der Waals surface area (Å²) in [7, 11) is 1.88. The van der Waals surface area contributed by atoms with Gasteiger partial charge in [-0.1, -0.05) is 44.9 Å². The van der Waals surface area contributed by atoms with Gasteiger partial charge < -0.3 is 10.4 Å². The second kappa shape index (κ2) is 8.42. The second-order valence-corrected chi connectivity index (χ2v) is 6.05. The van der Waals surface area contributed by atoms with Gasteiger partial charge in [0.05, 0.1) is 5.69 Å². The van der Waals surface area contributed by atoms with E-state index in [1.54, 1.807) is 10.9 Å². The van der Waals surface area contributed by atoms with E-state index in [1.807, 2.05) is 13.1 Å². The first-order valence-electron chi connectivity index (χ1n) is 8.16. The molecule has 1 aliphatic carbocycles. The van der Waals surface area contributed by atoms with Crippen molar-refractivity contribution in [1.29, 1.82) is 0 Å². The molecule has 114 valence electrons. The van der Waals surface area contributed by atoms with Gasteiger partial charge in [-0.25, -0.2) is 0 Å². The highest BCUT2D eigenvalue weighted by atomic mass is 16.3. The molecule has 1 unspecified atom stereocenters. The normalized spacial score (nSPS) is 20.7. The third kappa shape index (κ3) is 4.91. The number of aryl methyl sites for hydroxylation is 1. The summed E-state index contributed by atoms with van der Waals surface area (Å²) < 4.78 is 1.75. The Morgan fingerprint density at radius 3 is 2.35 bits per heavy atom. The quantitative estimate of drug-likeness (QED) is 0.891. The lowest BCUT2D eigenvalue weighted by Gasteiger charge is -2.22. The van der Waals surface area contributed by atoms with Gasteiger partial charge in [0.15, 0.2) is 0 Å². The SMILES string of the molecule is Cn1nccc1C(O)CNC1CCCCCCCCC1. The molecule has 0 amide bonds. The van der Waals surface area contributed by atoms with Gasteiger partial charge in [-0.15, -0.1) is 0 Å². The van der Waals surface area contributed by atoms with Gasteiger partial charge >= 0.3 is 0 Å². The van der Waals surface area contributed by atoms with Crippen LogP contribution in [0.3, 0.4) is 0 Å². The molecule has 0 saturated heterocycles. The Balaban J connectivity index is 1.77. The lowest BCUT2D eigenvalue weighted by atomic mass is 9.97. The third-order valence-electron chi connectivity index (χ3n) is 4.41. The first-order valence-corrected chi connectivity index (χ1v) is 8.16. The van der Waals surface area contributed by atoms with E-state index < -0.39 is 6.10 Å². The molecule has 1 aromatic rings. The molecule has 20 heavy (non-hydrogen) atoms. The lowest BCUT2D eigenvalue weighted by molar-refractivity contribution is 0.158. The number of aromatic nitrogens is 2. The van der Waals surface area contributed by atoms with E-state index in [0.717, 1.165) is 5.69 Å². The van der Waals surface area contributed by atoms with E-state index in [-0.39, 0.29) is 0 Å². The van der Waals surface area contributed by atoms with Gasteiger partial charge in [0.25, 0.3) is 0 Å². The fraction of sp³-hybridized carbons (Fsp3) is 0.812. The fourth-order valence-electron chi connectivity index (χ4n) is 3.11. The number of aliphatic hydroxyl groups excluding tert-OH is 1. The predicted molar refractivity (Wildman–Crippen MR) is 81.5 cm³/mol. The largest absolute Gasteiger partial charge is 0.385 e. The van der Waals surface area contributed by atoms with Crippen molar-refractivity contribution in [3.05, 3.63) is 18.0 Å². The molecule has 1 fully saturated rings. The summed E-state index contributed by atoms with van der Waals surface area (Å²) in [5.74, 6) is 0. The van der Waals surface area contributed by atoms with E-state index >= 15 is 0 Å². The minimum Gasteiger partial charge on any atom is -0.385 e. The van der Waals surface area contributed by atoms with Crippen LogP contribution < -0.4 is 5.32 Å². The average molecular weight is 279 g/mol. The van der Waals surface area contributed by atoms with Gasteiger partial charge in [0, 0.05) is 25.8 Å². The first-order chi connectivity index (χ1) is 9.77. The van der Waals surface area contributed by atoms with Gasteiger partial charge in [-0.05, 0) is 18.9 Å². The molecule has 1 aliphatic rings. The van der Waals surface area contributed by atoms with Gasteiger partial charge in [-0.3, -0.25) is 4.68 Å². The van der Waals surface area contributed by atoms with E-state index in [0.29, 0.717) is 12.6 Å². The highest BCUT2D eigenvalue weighted by molar-refractivity contribution is 5.04. The maximum atomic E-state index is 10.2. The summed E-state index contributed by atoms with van der Waals surface area (Å²) in [6.45, 7) is 0.629. The van der Waals surface area contributed by atoms with Crippen molar-refractivity contribution in [2.24, 2.45) is 7.05 Å². The molecule has 1 aromatic heterocycles. The average Bonchev–Trinajstić information content (AvgIpc) is 2.89. The zero-order valence-corrected chi connectivity index (χ0v) is 12.7. The van der Waals surface area contributed by atoms with Crippen LogP contribution in [0.25, 0.3) is 0 Å². The summed E-state index contributed by atoms with van der Waals surface area (Å²) in [5, 5.41) is 17.9. The maximum Gasteiger partial charge on any atom is 0.108 e. The molecule has 4 heteroatoms. The van der Waals surface area contributed by atoms with Crippen LogP contribution in [0.4, 0.5) is 0 Å². The molecule has 0 radical (unpaired) electrons. The van der Waals surface area contributed by atoms with Crippen LogP contribution in [0.15, 0.2) is 12.3 Å². The molecule has 2 rings (SSSR count). The Morgan fingerprint density at radius 2 is 1.80 bits per heavy atom. The molecule has 1 saturated carbocycles. The molecule has 0 bridgehead atoms. The summed E-state index contributed by atoms with van der Waals surface area (Å²) >= 11 is 0. The highest BCUT2D eigenvalue weighted by Gasteiger charge is 2.15. The van der Waals surface area contributed by atoms with Crippen molar-refractivity contribution < 1.29 is 5.11 Å². The first kappa shape index (κ1) is 15.5. The van der Waals surface area contributed by atoms with Gasteiger partial charge in [-0.2, -0.15) is 5.10 Å². The molecule has 2 N–H and O–H groups in total. The van der Waals surface area contributed by atoms with Crippen LogP contribution in [0.2, 0.25) is 0 Å². The van der Waals surface area contributed by atoms with E-state index in [2.05, 4.69) is 10.4 Å². The number of hydrogen-bond donors (Lipinski definition) is 2. The minimum atomic E-state index is -0.460. The number of aliphatic hydroxyl groups is 1. The van der Waals surface area contributed by atoms with Crippen LogP contribution >= 0.6 is 0 Å². The van der Waals surface area contributed by atoms with Crippen molar-refractivity contribution in [3.8, 4) is 0 Å². The van der Waals surface area contributed by atoms with E-state index in [4.69, 9.17) is 0 Å². The zero-order valence-electron chi connectivity index (χ0n) is 12.7. The molecule has 1 atom stereocenters. The van der Waals surface area contributed by atoms with Crippen molar-refractivity contribution in [2.45, 2.75) is 69.9 Å². The molecule has 0 aromatic carbocycles. The number of hydrogen-bond acceptors (Lipinski definition) is 3. The van der Waals surface area contributed by atoms with Gasteiger partial charge in [0.1, 0.15) is 6.10 Å². The summed E-state index contributed by atoms with van der Waals surface area (Å²) in [4.78, 5) is 0. The van der Waals surface area contributed by atoms with E-state index in [9.17, 15) is 5.11 Å². The molecule has 4 nitrogen and oxygen atoms in total. The summed E-state index contributed by atoms with van der Waals surface area (Å²) in [6.07, 6.45) is 13.3. The van der Waals surface area contributed by atoms with Crippen LogP contribution in [-0.4, -0.2) is 27.5 Å². The number of rotatable bonds is 4. The zero-order chi connectivity index (χ0) is 14.2.